The third-order valence-electron chi connectivity index (χ3n) is 4.62. The van der Waals surface area contributed by atoms with Crippen LogP contribution < -0.4 is 0 Å². The molecule has 2 saturated heterocycles. The highest BCUT2D eigenvalue weighted by atomic mass is 15.3. The Kier molecular flexibility index (Phi) is 5.79. The lowest BCUT2D eigenvalue weighted by Crippen LogP contribution is -2.53. The third-order valence-corrected chi connectivity index (χ3v) is 4.62. The molecule has 2 heteroatoms. The van der Waals surface area contributed by atoms with E-state index in [2.05, 4.69) is 16.7 Å². The predicted octanol–water partition coefficient (Wildman–Crippen LogP) is 3.13. The van der Waals surface area contributed by atoms with Crippen LogP contribution in [0.5, 0.6) is 0 Å². The van der Waals surface area contributed by atoms with Crippen LogP contribution in [-0.2, 0) is 0 Å². The van der Waals surface area contributed by atoms with Gasteiger partial charge in [-0.25, -0.2) is 0 Å². The molecule has 0 aromatic rings. The highest BCUT2D eigenvalue weighted by molar-refractivity contribution is 4.82. The van der Waals surface area contributed by atoms with E-state index < -0.39 is 0 Å². The fraction of sp³-hybridized carbons (Fsp3) is 1.00. The Morgan fingerprint density at radius 2 is 1.53 bits per heavy atom. The van der Waals surface area contributed by atoms with Crippen molar-refractivity contribution in [2.45, 2.75) is 64.3 Å². The van der Waals surface area contributed by atoms with Gasteiger partial charge in [-0.05, 0) is 25.9 Å². The molecule has 1 atom stereocenters. The second kappa shape index (κ2) is 7.38. The average molecular weight is 238 g/mol. The minimum atomic E-state index is 0.863. The van der Waals surface area contributed by atoms with Crippen LogP contribution in [0.15, 0.2) is 0 Å². The van der Waals surface area contributed by atoms with Crippen molar-refractivity contribution in [1.82, 2.24) is 9.80 Å². The van der Waals surface area contributed by atoms with Gasteiger partial charge in [0.2, 0.25) is 0 Å². The third kappa shape index (κ3) is 4.26. The summed E-state index contributed by atoms with van der Waals surface area (Å²) in [5.74, 6) is 0. The first-order chi connectivity index (χ1) is 8.40. The van der Waals surface area contributed by atoms with E-state index in [1.165, 1.54) is 84.1 Å². The summed E-state index contributed by atoms with van der Waals surface area (Å²) < 4.78 is 0. The number of likely N-dealkylation sites (N-methyl/N-ethyl adjacent to an activating group) is 1. The van der Waals surface area contributed by atoms with E-state index in [1.807, 2.05) is 0 Å². The molecule has 100 valence electrons. The first-order valence-electron chi connectivity index (χ1n) is 7.86. The van der Waals surface area contributed by atoms with Crippen molar-refractivity contribution in [3.05, 3.63) is 0 Å². The standard InChI is InChI=1S/C15H30N2/c1-2-16-12-13-17-11-9-7-5-3-4-6-8-10-15(17)14-16/h15H,2-14H2,1H3. The molecule has 0 N–H and O–H groups in total. The summed E-state index contributed by atoms with van der Waals surface area (Å²) >= 11 is 0. The molecule has 1 unspecified atom stereocenters. The van der Waals surface area contributed by atoms with Crippen LogP contribution in [0.4, 0.5) is 0 Å². The number of nitrogens with zero attached hydrogens (tertiary/aromatic N) is 2. The second-order valence-corrected chi connectivity index (χ2v) is 5.85. The molecule has 2 heterocycles. The van der Waals surface area contributed by atoms with Crippen LogP contribution in [0, 0.1) is 0 Å². The van der Waals surface area contributed by atoms with Crippen molar-refractivity contribution in [3.63, 3.8) is 0 Å². The van der Waals surface area contributed by atoms with Crippen LogP contribution in [0.3, 0.4) is 0 Å². The molecule has 0 radical (unpaired) electrons. The second-order valence-electron chi connectivity index (χ2n) is 5.85. The lowest BCUT2D eigenvalue weighted by Gasteiger charge is -2.41. The van der Waals surface area contributed by atoms with Gasteiger partial charge in [0.1, 0.15) is 0 Å². The Morgan fingerprint density at radius 3 is 2.29 bits per heavy atom. The van der Waals surface area contributed by atoms with E-state index in [-0.39, 0.29) is 0 Å². The molecule has 0 saturated carbocycles. The molecule has 0 aromatic carbocycles. The van der Waals surface area contributed by atoms with Gasteiger partial charge in [-0.2, -0.15) is 0 Å². The lowest BCUT2D eigenvalue weighted by atomic mass is 10.0. The van der Waals surface area contributed by atoms with Crippen molar-refractivity contribution in [2.24, 2.45) is 0 Å². The largest absolute Gasteiger partial charge is 0.301 e. The van der Waals surface area contributed by atoms with Crippen LogP contribution in [0.25, 0.3) is 0 Å². The molecule has 0 aromatic heterocycles. The Bertz CT molecular complexity index is 205. The minimum absolute atomic E-state index is 0.863. The van der Waals surface area contributed by atoms with Crippen LogP contribution >= 0.6 is 0 Å². The maximum absolute atomic E-state index is 2.79. The maximum atomic E-state index is 2.79. The lowest BCUT2D eigenvalue weighted by molar-refractivity contribution is 0.0705. The van der Waals surface area contributed by atoms with Gasteiger partial charge in [0.15, 0.2) is 0 Å². The van der Waals surface area contributed by atoms with Gasteiger partial charge < -0.3 is 4.90 Å². The molecular formula is C15H30N2. The molecule has 0 aliphatic carbocycles. The fourth-order valence-corrected chi connectivity index (χ4v) is 3.39. The Hall–Kier alpha value is -0.0800. The topological polar surface area (TPSA) is 6.48 Å². The summed E-state index contributed by atoms with van der Waals surface area (Å²) in [6, 6.07) is 0.863. The van der Waals surface area contributed by atoms with Crippen LogP contribution in [0.2, 0.25) is 0 Å². The Morgan fingerprint density at radius 1 is 0.824 bits per heavy atom. The van der Waals surface area contributed by atoms with Gasteiger partial charge in [0.05, 0.1) is 0 Å². The fourth-order valence-electron chi connectivity index (χ4n) is 3.39. The molecule has 17 heavy (non-hydrogen) atoms. The zero-order valence-corrected chi connectivity index (χ0v) is 11.7. The van der Waals surface area contributed by atoms with E-state index >= 15 is 0 Å². The van der Waals surface area contributed by atoms with Crippen molar-refractivity contribution < 1.29 is 0 Å². The van der Waals surface area contributed by atoms with Gasteiger partial charge in [-0.1, -0.05) is 45.4 Å². The van der Waals surface area contributed by atoms with Crippen molar-refractivity contribution in [3.8, 4) is 0 Å². The minimum Gasteiger partial charge on any atom is -0.301 e. The summed E-state index contributed by atoms with van der Waals surface area (Å²) in [6.07, 6.45) is 11.7. The SMILES string of the molecule is CCN1CCN2CCCCCCCCCC2C1. The number of piperazine rings is 1. The van der Waals surface area contributed by atoms with E-state index in [1.54, 1.807) is 0 Å². The monoisotopic (exact) mass is 238 g/mol. The molecule has 0 amide bonds. The summed E-state index contributed by atoms with van der Waals surface area (Å²) in [4.78, 5) is 5.43. The maximum Gasteiger partial charge on any atom is 0.0223 e. The molecule has 2 aliphatic heterocycles. The Balaban J connectivity index is 1.86. The molecule has 2 fully saturated rings. The van der Waals surface area contributed by atoms with Gasteiger partial charge >= 0.3 is 0 Å². The average Bonchev–Trinajstić information content (AvgIpc) is 2.42. The van der Waals surface area contributed by atoms with Crippen molar-refractivity contribution in [2.75, 3.05) is 32.7 Å². The molecular weight excluding hydrogens is 208 g/mol. The Labute approximate surface area is 107 Å². The highest BCUT2D eigenvalue weighted by Gasteiger charge is 2.25. The van der Waals surface area contributed by atoms with Gasteiger partial charge in [0.25, 0.3) is 0 Å². The van der Waals surface area contributed by atoms with E-state index in [0.29, 0.717) is 0 Å². The summed E-state index contributed by atoms with van der Waals surface area (Å²) in [5.41, 5.74) is 0. The zero-order valence-electron chi connectivity index (χ0n) is 11.7. The first-order valence-corrected chi connectivity index (χ1v) is 7.86. The first kappa shape index (κ1) is 13.4. The smallest absolute Gasteiger partial charge is 0.0223 e. The molecule has 0 bridgehead atoms. The number of fused-ring (bicyclic) bond motifs is 1. The number of hydrogen-bond donors (Lipinski definition) is 0. The molecule has 2 aliphatic rings. The van der Waals surface area contributed by atoms with E-state index in [0.717, 1.165) is 6.04 Å². The predicted molar refractivity (Wildman–Crippen MR) is 74.4 cm³/mol. The van der Waals surface area contributed by atoms with Crippen LogP contribution in [0.1, 0.15) is 58.3 Å². The summed E-state index contributed by atoms with van der Waals surface area (Å²) in [7, 11) is 0. The van der Waals surface area contributed by atoms with Gasteiger partial charge in [-0.3, -0.25) is 4.90 Å². The van der Waals surface area contributed by atoms with Gasteiger partial charge in [-0.15, -0.1) is 0 Å². The van der Waals surface area contributed by atoms with Crippen LogP contribution in [-0.4, -0.2) is 48.6 Å². The summed E-state index contributed by atoms with van der Waals surface area (Å²) in [5, 5.41) is 0. The molecule has 2 nitrogen and oxygen atoms in total. The number of rotatable bonds is 1. The van der Waals surface area contributed by atoms with Crippen molar-refractivity contribution >= 4 is 0 Å². The quantitative estimate of drug-likeness (QED) is 0.692. The molecule has 0 spiro atoms. The van der Waals surface area contributed by atoms with E-state index in [4.69, 9.17) is 0 Å². The van der Waals surface area contributed by atoms with E-state index in [9.17, 15) is 0 Å². The van der Waals surface area contributed by atoms with Gasteiger partial charge in [0, 0.05) is 25.7 Å². The summed E-state index contributed by atoms with van der Waals surface area (Å²) in [6.45, 7) is 8.86. The zero-order chi connectivity index (χ0) is 11.9. The normalized spacial score (nSPS) is 30.5. The highest BCUT2D eigenvalue weighted by Crippen LogP contribution is 2.19. The van der Waals surface area contributed by atoms with Crippen molar-refractivity contribution in [1.29, 1.82) is 0 Å². The molecule has 2 rings (SSSR count). The number of hydrogen-bond acceptors (Lipinski definition) is 2.